The van der Waals surface area contributed by atoms with E-state index in [-0.39, 0.29) is 10.0 Å². The van der Waals surface area contributed by atoms with Gasteiger partial charge in [-0.3, -0.25) is 0 Å². The summed E-state index contributed by atoms with van der Waals surface area (Å²) in [6.45, 7) is 5.37. The Bertz CT molecular complexity index is 698. The fourth-order valence-corrected chi connectivity index (χ4v) is 4.42. The molecule has 0 atom stereocenters. The molecule has 0 aliphatic heterocycles. The maximum atomic E-state index is 12.9. The second-order valence-electron chi connectivity index (χ2n) is 5.48. The molecule has 3 nitrogen and oxygen atoms in total. The Morgan fingerprint density at radius 3 is 2.20 bits per heavy atom. The van der Waals surface area contributed by atoms with Gasteiger partial charge >= 0.3 is 0 Å². The standard InChI is InChI=1S/C14H16FNO2S2/c1-14(2,3)16-20(17,18)13-9-8-12(19-13)10-4-6-11(15)7-5-10/h4-9,16H,1-3H3. The van der Waals surface area contributed by atoms with E-state index in [1.807, 2.05) is 0 Å². The van der Waals surface area contributed by atoms with E-state index in [2.05, 4.69) is 4.72 Å². The second kappa shape index (κ2) is 5.27. The van der Waals surface area contributed by atoms with Crippen molar-refractivity contribution in [3.8, 4) is 10.4 Å². The summed E-state index contributed by atoms with van der Waals surface area (Å²) in [5.41, 5.74) is 0.271. The highest BCUT2D eigenvalue weighted by atomic mass is 32.2. The van der Waals surface area contributed by atoms with Crippen LogP contribution in [0, 0.1) is 5.82 Å². The Kier molecular flexibility index (Phi) is 4.00. The summed E-state index contributed by atoms with van der Waals surface area (Å²) in [5.74, 6) is -0.312. The molecule has 1 aromatic heterocycles. The average Bonchev–Trinajstić information content (AvgIpc) is 2.76. The van der Waals surface area contributed by atoms with E-state index in [1.165, 1.54) is 23.5 Å². The van der Waals surface area contributed by atoms with Gasteiger partial charge in [0, 0.05) is 10.4 Å². The zero-order chi connectivity index (χ0) is 15.0. The van der Waals surface area contributed by atoms with Gasteiger partial charge in [0.15, 0.2) is 0 Å². The monoisotopic (exact) mass is 313 g/mol. The van der Waals surface area contributed by atoms with Gasteiger partial charge in [-0.1, -0.05) is 12.1 Å². The minimum atomic E-state index is -3.52. The summed E-state index contributed by atoms with van der Waals surface area (Å²) < 4.78 is 40.1. The normalized spacial score (nSPS) is 12.6. The van der Waals surface area contributed by atoms with Crippen molar-refractivity contribution in [2.24, 2.45) is 0 Å². The second-order valence-corrected chi connectivity index (χ2v) is 8.47. The highest BCUT2D eigenvalue weighted by molar-refractivity contribution is 7.91. The molecule has 6 heteroatoms. The molecule has 0 amide bonds. The SMILES string of the molecule is CC(C)(C)NS(=O)(=O)c1ccc(-c2ccc(F)cc2)s1. The van der Waals surface area contributed by atoms with Gasteiger partial charge in [-0.05, 0) is 50.6 Å². The van der Waals surface area contributed by atoms with Crippen molar-refractivity contribution in [3.63, 3.8) is 0 Å². The van der Waals surface area contributed by atoms with Crippen LogP contribution in [0.2, 0.25) is 0 Å². The Hall–Kier alpha value is -1.24. The van der Waals surface area contributed by atoms with Gasteiger partial charge in [-0.2, -0.15) is 0 Å². The Balaban J connectivity index is 2.31. The summed E-state index contributed by atoms with van der Waals surface area (Å²) in [5, 5.41) is 0. The van der Waals surface area contributed by atoms with Crippen molar-refractivity contribution in [1.29, 1.82) is 0 Å². The summed E-state index contributed by atoms with van der Waals surface area (Å²) in [6.07, 6.45) is 0. The van der Waals surface area contributed by atoms with E-state index in [4.69, 9.17) is 0 Å². The van der Waals surface area contributed by atoms with E-state index in [0.717, 1.165) is 10.4 Å². The van der Waals surface area contributed by atoms with E-state index in [0.29, 0.717) is 0 Å². The number of hydrogen-bond donors (Lipinski definition) is 1. The molecule has 1 aromatic carbocycles. The molecule has 2 rings (SSSR count). The van der Waals surface area contributed by atoms with Crippen LogP contribution in [0.25, 0.3) is 10.4 Å². The van der Waals surface area contributed by atoms with Crippen LogP contribution in [0.15, 0.2) is 40.6 Å². The number of halogens is 1. The molecule has 0 radical (unpaired) electrons. The van der Waals surface area contributed by atoms with Gasteiger partial charge in [-0.15, -0.1) is 11.3 Å². The fourth-order valence-electron chi connectivity index (χ4n) is 1.69. The molecular formula is C14H16FNO2S2. The molecule has 1 N–H and O–H groups in total. The highest BCUT2D eigenvalue weighted by Gasteiger charge is 2.23. The summed E-state index contributed by atoms with van der Waals surface area (Å²) in [7, 11) is -3.52. The van der Waals surface area contributed by atoms with Gasteiger partial charge in [0.05, 0.1) is 0 Å². The van der Waals surface area contributed by atoms with Crippen molar-refractivity contribution < 1.29 is 12.8 Å². The first-order valence-electron chi connectivity index (χ1n) is 6.07. The Morgan fingerprint density at radius 1 is 1.05 bits per heavy atom. The van der Waals surface area contributed by atoms with Crippen LogP contribution in [0.1, 0.15) is 20.8 Å². The maximum absolute atomic E-state index is 12.9. The number of nitrogens with one attached hydrogen (secondary N) is 1. The van der Waals surface area contributed by atoms with Crippen LogP contribution in [0.3, 0.4) is 0 Å². The van der Waals surface area contributed by atoms with Crippen molar-refractivity contribution in [3.05, 3.63) is 42.2 Å². The predicted molar refractivity (Wildman–Crippen MR) is 79.8 cm³/mol. The van der Waals surface area contributed by atoms with E-state index in [1.54, 1.807) is 45.0 Å². The molecule has 0 aliphatic carbocycles. The molecule has 0 saturated carbocycles. The minimum absolute atomic E-state index is 0.256. The average molecular weight is 313 g/mol. The van der Waals surface area contributed by atoms with Crippen molar-refractivity contribution in [2.45, 2.75) is 30.5 Å². The van der Waals surface area contributed by atoms with Crippen LogP contribution in [0.4, 0.5) is 4.39 Å². The zero-order valence-electron chi connectivity index (χ0n) is 11.5. The number of sulfonamides is 1. The number of hydrogen-bond acceptors (Lipinski definition) is 3. The Morgan fingerprint density at radius 2 is 1.65 bits per heavy atom. The van der Waals surface area contributed by atoms with Crippen LogP contribution in [-0.4, -0.2) is 14.0 Å². The third-order valence-corrected chi connectivity index (χ3v) is 5.80. The predicted octanol–water partition coefficient (Wildman–Crippen LogP) is 3.63. The first-order valence-corrected chi connectivity index (χ1v) is 8.37. The van der Waals surface area contributed by atoms with Crippen LogP contribution < -0.4 is 4.72 Å². The molecular weight excluding hydrogens is 297 g/mol. The number of benzene rings is 1. The first kappa shape index (κ1) is 15.2. The van der Waals surface area contributed by atoms with Crippen LogP contribution in [-0.2, 0) is 10.0 Å². The lowest BCUT2D eigenvalue weighted by Crippen LogP contribution is -2.40. The smallest absolute Gasteiger partial charge is 0.207 e. The molecule has 0 unspecified atom stereocenters. The summed E-state index contributed by atoms with van der Waals surface area (Å²) in [4.78, 5) is 0.791. The van der Waals surface area contributed by atoms with E-state index in [9.17, 15) is 12.8 Å². The number of thiophene rings is 1. The molecule has 2 aromatic rings. The van der Waals surface area contributed by atoms with Crippen molar-refractivity contribution >= 4 is 21.4 Å². The Labute approximate surface area is 122 Å². The largest absolute Gasteiger partial charge is 0.250 e. The van der Waals surface area contributed by atoms with Crippen molar-refractivity contribution in [2.75, 3.05) is 0 Å². The zero-order valence-corrected chi connectivity index (χ0v) is 13.1. The topological polar surface area (TPSA) is 46.2 Å². The van der Waals surface area contributed by atoms with Crippen LogP contribution in [0.5, 0.6) is 0 Å². The third-order valence-electron chi connectivity index (χ3n) is 2.42. The highest BCUT2D eigenvalue weighted by Crippen LogP contribution is 2.31. The summed E-state index contributed by atoms with van der Waals surface area (Å²) in [6, 6.07) is 9.28. The number of rotatable bonds is 3. The van der Waals surface area contributed by atoms with Gasteiger partial charge < -0.3 is 0 Å². The first-order chi connectivity index (χ1) is 9.17. The lowest BCUT2D eigenvalue weighted by atomic mass is 10.1. The molecule has 0 bridgehead atoms. The van der Waals surface area contributed by atoms with Gasteiger partial charge in [-0.25, -0.2) is 17.5 Å². The molecule has 108 valence electrons. The molecule has 0 spiro atoms. The maximum Gasteiger partial charge on any atom is 0.250 e. The molecule has 0 saturated heterocycles. The third kappa shape index (κ3) is 3.65. The van der Waals surface area contributed by atoms with Gasteiger partial charge in [0.25, 0.3) is 10.0 Å². The minimum Gasteiger partial charge on any atom is -0.207 e. The summed E-state index contributed by atoms with van der Waals surface area (Å²) >= 11 is 1.17. The van der Waals surface area contributed by atoms with Gasteiger partial charge in [0.2, 0.25) is 0 Å². The lowest BCUT2D eigenvalue weighted by molar-refractivity contribution is 0.492. The van der Waals surface area contributed by atoms with E-state index < -0.39 is 15.6 Å². The molecule has 20 heavy (non-hydrogen) atoms. The lowest BCUT2D eigenvalue weighted by Gasteiger charge is -2.19. The molecule has 0 aliphatic rings. The fraction of sp³-hybridized carbons (Fsp3) is 0.286. The van der Waals surface area contributed by atoms with E-state index >= 15 is 0 Å². The van der Waals surface area contributed by atoms with Gasteiger partial charge in [0.1, 0.15) is 10.0 Å². The molecule has 0 fully saturated rings. The van der Waals surface area contributed by atoms with Crippen LogP contribution >= 0.6 is 11.3 Å². The molecule has 1 heterocycles. The van der Waals surface area contributed by atoms with Crippen molar-refractivity contribution in [1.82, 2.24) is 4.72 Å². The quantitative estimate of drug-likeness (QED) is 0.940.